The number of nitrogens with zero attached hydrogens (tertiary/aromatic N) is 3. The summed E-state index contributed by atoms with van der Waals surface area (Å²) in [5.41, 5.74) is 6.71. The number of carbonyl (C=O) groups excluding carboxylic acids is 2. The van der Waals surface area contributed by atoms with Gasteiger partial charge < -0.3 is 16.2 Å². The van der Waals surface area contributed by atoms with E-state index in [2.05, 4.69) is 15.3 Å². The number of guanidine groups is 1. The number of halogens is 5. The number of aliphatic carboxylic acids is 1. The molecule has 2 heterocycles. The van der Waals surface area contributed by atoms with E-state index in [9.17, 15) is 27.2 Å². The van der Waals surface area contributed by atoms with E-state index in [1.807, 2.05) is 0 Å². The highest BCUT2D eigenvalue weighted by Gasteiger charge is 2.38. The minimum atomic E-state index is -5.08. The lowest BCUT2D eigenvalue weighted by atomic mass is 10.0. The van der Waals surface area contributed by atoms with Crippen molar-refractivity contribution in [2.45, 2.75) is 31.5 Å². The highest BCUT2D eigenvalue weighted by atomic mass is 35.5. The van der Waals surface area contributed by atoms with Crippen LogP contribution in [0.15, 0.2) is 41.5 Å². The molecule has 1 aromatic carbocycles. The number of carbonyl (C=O) groups is 3. The largest absolute Gasteiger partial charge is 0.490 e. The summed E-state index contributed by atoms with van der Waals surface area (Å²) in [4.78, 5) is 43.5. The molecule has 1 aliphatic carbocycles. The Balaban J connectivity index is 0.000000454. The lowest BCUT2D eigenvalue weighted by molar-refractivity contribution is -0.192. The van der Waals surface area contributed by atoms with Gasteiger partial charge in [-0.2, -0.15) is 13.2 Å². The molecule has 9 nitrogen and oxygen atoms in total. The van der Waals surface area contributed by atoms with Crippen LogP contribution in [-0.4, -0.2) is 51.5 Å². The van der Waals surface area contributed by atoms with Crippen molar-refractivity contribution in [1.82, 2.24) is 9.88 Å². The number of rotatable bonds is 5. The van der Waals surface area contributed by atoms with Crippen molar-refractivity contribution < 1.29 is 37.1 Å². The minimum absolute atomic E-state index is 0.0283. The predicted octanol–water partition coefficient (Wildman–Crippen LogP) is 3.76. The topological polar surface area (TPSA) is 138 Å². The van der Waals surface area contributed by atoms with Crippen LogP contribution in [0, 0.1) is 11.7 Å². The molecular weight excluding hydrogens is 510 g/mol. The van der Waals surface area contributed by atoms with Gasteiger partial charge in [0.25, 0.3) is 5.91 Å². The van der Waals surface area contributed by atoms with Gasteiger partial charge in [0, 0.05) is 24.0 Å². The van der Waals surface area contributed by atoms with Crippen LogP contribution in [0.25, 0.3) is 0 Å². The Labute approximate surface area is 207 Å². The third-order valence-corrected chi connectivity index (χ3v) is 5.41. The molecular formula is C22H20ClF4N5O4. The Hall–Kier alpha value is -3.74. The average molecular weight is 530 g/mol. The number of hydrogen-bond donors (Lipinski definition) is 3. The lowest BCUT2D eigenvalue weighted by Crippen LogP contribution is -2.46. The van der Waals surface area contributed by atoms with Crippen LogP contribution in [0.4, 0.5) is 23.2 Å². The van der Waals surface area contributed by atoms with Gasteiger partial charge in [-0.15, -0.1) is 0 Å². The maximum Gasteiger partial charge on any atom is 0.490 e. The van der Waals surface area contributed by atoms with Gasteiger partial charge in [-0.3, -0.25) is 14.5 Å². The van der Waals surface area contributed by atoms with Crippen LogP contribution in [0.2, 0.25) is 5.02 Å². The number of carboxylic acids is 1. The molecule has 1 aromatic heterocycles. The van der Waals surface area contributed by atoms with Crippen LogP contribution in [0.5, 0.6) is 0 Å². The first-order valence-electron chi connectivity index (χ1n) is 10.5. The molecule has 4 N–H and O–H groups in total. The van der Waals surface area contributed by atoms with E-state index in [4.69, 9.17) is 27.2 Å². The highest BCUT2D eigenvalue weighted by molar-refractivity contribution is 6.30. The maximum atomic E-state index is 14.5. The number of aromatic nitrogens is 1. The molecule has 0 spiro atoms. The summed E-state index contributed by atoms with van der Waals surface area (Å²) in [6.45, 7) is 0.563. The van der Waals surface area contributed by atoms with Crippen LogP contribution in [-0.2, 0) is 9.59 Å². The average Bonchev–Trinajstić information content (AvgIpc) is 3.62. The summed E-state index contributed by atoms with van der Waals surface area (Å²) in [7, 11) is 0. The summed E-state index contributed by atoms with van der Waals surface area (Å²) in [5, 5.41) is 10.2. The lowest BCUT2D eigenvalue weighted by Gasteiger charge is -2.29. The highest BCUT2D eigenvalue weighted by Crippen LogP contribution is 2.34. The summed E-state index contributed by atoms with van der Waals surface area (Å²) in [5.74, 6) is -3.32. The molecule has 36 heavy (non-hydrogen) atoms. The Morgan fingerprint density at radius 2 is 1.89 bits per heavy atom. The molecule has 1 aliphatic heterocycles. The van der Waals surface area contributed by atoms with Gasteiger partial charge in [0.2, 0.25) is 5.91 Å². The second-order valence-electron chi connectivity index (χ2n) is 8.01. The van der Waals surface area contributed by atoms with Crippen molar-refractivity contribution in [2.24, 2.45) is 16.6 Å². The molecule has 1 atom stereocenters. The van der Waals surface area contributed by atoms with Crippen molar-refractivity contribution in [2.75, 3.05) is 11.9 Å². The van der Waals surface area contributed by atoms with Crippen molar-refractivity contribution in [3.8, 4) is 0 Å². The van der Waals surface area contributed by atoms with Gasteiger partial charge in [0.05, 0.1) is 17.5 Å². The third kappa shape index (κ3) is 7.13. The summed E-state index contributed by atoms with van der Waals surface area (Å²) < 4.78 is 46.2. The standard InChI is InChI=1S/C20H19ClFN5O2.C2HF3O2/c21-12-3-6-16(24-9-12)19(29)25-13-4-5-15(22)14(7-13)17-8-18(28)27(20(23)26-17)10-11-1-2-11;3-2(4,5)1(6)7/h3-7,9,11,17H,1-2,8,10H2,(H2,23,26)(H,25,29);(H,6,7). The number of hydrogen-bond acceptors (Lipinski definition) is 6. The third-order valence-electron chi connectivity index (χ3n) is 5.19. The predicted molar refractivity (Wildman–Crippen MR) is 121 cm³/mol. The van der Waals surface area contributed by atoms with Crippen molar-refractivity contribution in [3.63, 3.8) is 0 Å². The van der Waals surface area contributed by atoms with Crippen molar-refractivity contribution >= 4 is 41.0 Å². The second kappa shape index (κ2) is 10.9. The summed E-state index contributed by atoms with van der Waals surface area (Å²) >= 11 is 5.78. The van der Waals surface area contributed by atoms with Gasteiger partial charge in [-0.05, 0) is 49.1 Å². The smallest absolute Gasteiger partial charge is 0.475 e. The molecule has 2 amide bonds. The summed E-state index contributed by atoms with van der Waals surface area (Å²) in [6.07, 6.45) is -1.52. The number of nitrogens with two attached hydrogens (primary N) is 1. The number of aliphatic imine (C=N–C) groups is 1. The van der Waals surface area contributed by atoms with Crippen molar-refractivity contribution in [3.05, 3.63) is 58.6 Å². The van der Waals surface area contributed by atoms with E-state index in [1.54, 1.807) is 6.07 Å². The molecule has 1 fully saturated rings. The first-order chi connectivity index (χ1) is 16.8. The zero-order valence-corrected chi connectivity index (χ0v) is 19.2. The van der Waals surface area contributed by atoms with Crippen LogP contribution >= 0.6 is 11.6 Å². The number of amides is 2. The zero-order valence-electron chi connectivity index (χ0n) is 18.4. The molecule has 2 aliphatic rings. The number of pyridine rings is 1. The van der Waals surface area contributed by atoms with Crippen LogP contribution < -0.4 is 11.1 Å². The van der Waals surface area contributed by atoms with E-state index in [1.165, 1.54) is 35.4 Å². The van der Waals surface area contributed by atoms with Gasteiger partial charge >= 0.3 is 12.1 Å². The number of alkyl halides is 3. The first kappa shape index (κ1) is 26.9. The van der Waals surface area contributed by atoms with Gasteiger partial charge in [0.1, 0.15) is 11.5 Å². The molecule has 1 unspecified atom stereocenters. The molecule has 192 valence electrons. The van der Waals surface area contributed by atoms with E-state index in [0.29, 0.717) is 23.2 Å². The molecule has 4 rings (SSSR count). The number of carboxylic acid groups (broad SMARTS) is 1. The first-order valence-corrected chi connectivity index (χ1v) is 10.9. The van der Waals surface area contributed by atoms with E-state index >= 15 is 0 Å². The van der Waals surface area contributed by atoms with Gasteiger partial charge in [-0.25, -0.2) is 19.2 Å². The number of anilines is 1. The van der Waals surface area contributed by atoms with E-state index < -0.39 is 29.9 Å². The monoisotopic (exact) mass is 529 g/mol. The van der Waals surface area contributed by atoms with E-state index in [0.717, 1.165) is 12.8 Å². The van der Waals surface area contributed by atoms with Gasteiger partial charge in [0.15, 0.2) is 5.96 Å². The SMILES string of the molecule is NC1=NC(c2cc(NC(=O)c3ccc(Cl)cn3)ccc2F)CC(=O)N1CC1CC1.O=C(O)C(F)(F)F. The van der Waals surface area contributed by atoms with Gasteiger partial charge in [-0.1, -0.05) is 11.6 Å². The Bertz CT molecular complexity index is 1190. The second-order valence-corrected chi connectivity index (χ2v) is 8.45. The molecule has 1 saturated carbocycles. The fourth-order valence-electron chi connectivity index (χ4n) is 3.19. The Kier molecular flexibility index (Phi) is 8.13. The Morgan fingerprint density at radius 3 is 2.42 bits per heavy atom. The summed E-state index contributed by atoms with van der Waals surface area (Å²) in [6, 6.07) is 6.44. The molecule has 0 bridgehead atoms. The van der Waals surface area contributed by atoms with E-state index in [-0.39, 0.29) is 29.5 Å². The zero-order chi connectivity index (χ0) is 26.6. The van der Waals surface area contributed by atoms with Crippen molar-refractivity contribution in [1.29, 1.82) is 0 Å². The quantitative estimate of drug-likeness (QED) is 0.504. The molecule has 0 saturated heterocycles. The molecule has 2 aromatic rings. The number of nitrogens with one attached hydrogen (secondary N) is 1. The fourth-order valence-corrected chi connectivity index (χ4v) is 3.31. The maximum absolute atomic E-state index is 14.5. The van der Waals surface area contributed by atoms with Crippen LogP contribution in [0.1, 0.15) is 41.4 Å². The Morgan fingerprint density at radius 1 is 1.22 bits per heavy atom. The fraction of sp³-hybridized carbons (Fsp3) is 0.318. The normalized spacial score (nSPS) is 17.6. The van der Waals surface area contributed by atoms with Crippen LogP contribution in [0.3, 0.4) is 0 Å². The molecule has 14 heteroatoms. The minimum Gasteiger partial charge on any atom is -0.475 e. The molecule has 0 radical (unpaired) electrons. The number of benzene rings is 1.